The van der Waals surface area contributed by atoms with E-state index in [1.165, 1.54) is 0 Å². The van der Waals surface area contributed by atoms with Crippen molar-refractivity contribution >= 4 is 11.6 Å². The van der Waals surface area contributed by atoms with E-state index in [1.807, 2.05) is 66.4 Å². The number of ether oxygens (including phenoxy) is 1. The fourth-order valence-electron chi connectivity index (χ4n) is 3.69. The van der Waals surface area contributed by atoms with Crippen LogP contribution in [0, 0.1) is 17.8 Å². The Morgan fingerprint density at radius 1 is 1.30 bits per heavy atom. The Morgan fingerprint density at radius 2 is 1.86 bits per heavy atom. The maximum atomic E-state index is 14.5. The Labute approximate surface area is 262 Å². The highest BCUT2D eigenvalue weighted by molar-refractivity contribution is 5.79. The SMILES string of the molecule is C=C(C)C(C)c1nn(CC)cc1N=C(N)N.CC.CC/C=C(C#CC(C)(O)C1CC1)\C(F)=C/C(C)N(C)CCC.COC. The first-order valence-corrected chi connectivity index (χ1v) is 15.4. The molecule has 0 amide bonds. The highest BCUT2D eigenvalue weighted by Crippen LogP contribution is 2.39. The van der Waals surface area contributed by atoms with Crippen molar-refractivity contribution in [2.75, 3.05) is 27.8 Å². The molecule has 3 unspecified atom stereocenters. The summed E-state index contributed by atoms with van der Waals surface area (Å²) in [6.45, 7) is 23.4. The van der Waals surface area contributed by atoms with Crippen molar-refractivity contribution < 1.29 is 14.2 Å². The molecule has 1 aliphatic rings. The van der Waals surface area contributed by atoms with E-state index in [4.69, 9.17) is 11.5 Å². The normalized spacial score (nSPS) is 15.5. The molecule has 0 saturated heterocycles. The molecule has 1 saturated carbocycles. The number of rotatable bonds is 11. The first kappa shape index (κ1) is 42.2. The number of nitrogens with two attached hydrogens (primary N) is 2. The van der Waals surface area contributed by atoms with Crippen LogP contribution in [0.2, 0.25) is 0 Å². The van der Waals surface area contributed by atoms with Gasteiger partial charge in [0.2, 0.25) is 0 Å². The van der Waals surface area contributed by atoms with E-state index in [9.17, 15) is 9.50 Å². The van der Waals surface area contributed by atoms with Crippen LogP contribution in [0.4, 0.5) is 10.1 Å². The van der Waals surface area contributed by atoms with Crippen LogP contribution in [0.25, 0.3) is 0 Å². The second-order valence-electron chi connectivity index (χ2n) is 10.7. The summed E-state index contributed by atoms with van der Waals surface area (Å²) in [4.78, 5) is 6.19. The molecule has 3 atom stereocenters. The minimum atomic E-state index is -1.00. The number of aliphatic imine (C=N–C) groups is 1. The lowest BCUT2D eigenvalue weighted by Gasteiger charge is -2.21. The molecule has 8 nitrogen and oxygen atoms in total. The number of allylic oxidation sites excluding steroid dienone is 4. The van der Waals surface area contributed by atoms with Crippen molar-refractivity contribution in [3.63, 3.8) is 0 Å². The van der Waals surface area contributed by atoms with E-state index < -0.39 is 5.60 Å². The quantitative estimate of drug-likeness (QED) is 0.0837. The van der Waals surface area contributed by atoms with Crippen LogP contribution in [-0.4, -0.2) is 65.2 Å². The maximum Gasteiger partial charge on any atom is 0.191 e. The number of aromatic nitrogens is 2. The van der Waals surface area contributed by atoms with Crippen LogP contribution in [0.1, 0.15) is 99.6 Å². The molecule has 5 N–H and O–H groups in total. The number of hydrogen-bond acceptors (Lipinski definition) is 5. The number of halogens is 1. The molecule has 0 bridgehead atoms. The lowest BCUT2D eigenvalue weighted by molar-refractivity contribution is 0.0980. The second-order valence-corrected chi connectivity index (χ2v) is 10.7. The second kappa shape index (κ2) is 22.6. The average molecular weight is 605 g/mol. The van der Waals surface area contributed by atoms with Crippen molar-refractivity contribution in [1.29, 1.82) is 0 Å². The van der Waals surface area contributed by atoms with Crippen LogP contribution in [0.5, 0.6) is 0 Å². The molecule has 1 aromatic heterocycles. The molecule has 246 valence electrons. The van der Waals surface area contributed by atoms with Crippen LogP contribution in [0.15, 0.2) is 46.9 Å². The van der Waals surface area contributed by atoms with Crippen molar-refractivity contribution in [2.45, 2.75) is 112 Å². The highest BCUT2D eigenvalue weighted by Gasteiger charge is 2.38. The summed E-state index contributed by atoms with van der Waals surface area (Å²) in [5, 5.41) is 14.7. The van der Waals surface area contributed by atoms with Gasteiger partial charge in [-0.3, -0.25) is 4.68 Å². The smallest absolute Gasteiger partial charge is 0.191 e. The van der Waals surface area contributed by atoms with Crippen molar-refractivity contribution in [2.24, 2.45) is 22.4 Å². The summed E-state index contributed by atoms with van der Waals surface area (Å²) in [5.41, 5.74) is 12.8. The van der Waals surface area contributed by atoms with E-state index in [-0.39, 0.29) is 29.7 Å². The number of aliphatic hydroxyl groups is 1. The zero-order valence-corrected chi connectivity index (χ0v) is 29.1. The lowest BCUT2D eigenvalue weighted by Crippen LogP contribution is -2.28. The van der Waals surface area contributed by atoms with E-state index in [0.717, 1.165) is 55.7 Å². The fraction of sp³-hybridized carbons (Fsp3) is 0.647. The van der Waals surface area contributed by atoms with Crippen LogP contribution >= 0.6 is 0 Å². The summed E-state index contributed by atoms with van der Waals surface area (Å²) in [7, 11) is 5.24. The molecular weight excluding hydrogens is 543 g/mol. The first-order valence-electron chi connectivity index (χ1n) is 15.4. The highest BCUT2D eigenvalue weighted by atomic mass is 19.1. The minimum Gasteiger partial charge on any atom is -0.388 e. The molecule has 0 aromatic carbocycles. The van der Waals surface area contributed by atoms with Crippen LogP contribution in [-0.2, 0) is 11.3 Å². The third kappa shape index (κ3) is 17.1. The van der Waals surface area contributed by atoms with Gasteiger partial charge < -0.3 is 26.2 Å². The van der Waals surface area contributed by atoms with E-state index >= 15 is 0 Å². The predicted octanol–water partition coefficient (Wildman–Crippen LogP) is 6.85. The molecule has 9 heteroatoms. The number of likely N-dealkylation sites (N-methyl/N-ethyl adjacent to an activating group) is 1. The van der Waals surface area contributed by atoms with Gasteiger partial charge in [-0.2, -0.15) is 5.10 Å². The number of methoxy groups -OCH3 is 1. The van der Waals surface area contributed by atoms with Gasteiger partial charge >= 0.3 is 0 Å². The number of hydrogen-bond donors (Lipinski definition) is 3. The average Bonchev–Trinajstić information content (AvgIpc) is 3.74. The van der Waals surface area contributed by atoms with Crippen molar-refractivity contribution in [3.8, 4) is 11.8 Å². The van der Waals surface area contributed by atoms with Gasteiger partial charge in [-0.15, -0.1) is 0 Å². The topological polar surface area (TPSA) is 115 Å². The molecule has 2 rings (SSSR count). The number of nitrogens with zero attached hydrogens (tertiary/aromatic N) is 4. The molecule has 0 aliphatic heterocycles. The van der Waals surface area contributed by atoms with Crippen LogP contribution in [0.3, 0.4) is 0 Å². The molecule has 1 heterocycles. The zero-order valence-electron chi connectivity index (χ0n) is 29.1. The Bertz CT molecular complexity index is 1090. The molecule has 1 fully saturated rings. The molecule has 1 aliphatic carbocycles. The molecule has 43 heavy (non-hydrogen) atoms. The summed E-state index contributed by atoms with van der Waals surface area (Å²) in [6, 6.07) is 0.0194. The van der Waals surface area contributed by atoms with E-state index in [0.29, 0.717) is 5.57 Å². The summed E-state index contributed by atoms with van der Waals surface area (Å²) in [5.74, 6) is 5.85. The molecule has 0 spiro atoms. The van der Waals surface area contributed by atoms with Gasteiger partial charge in [0.25, 0.3) is 0 Å². The Kier molecular flexibility index (Phi) is 22.2. The van der Waals surface area contributed by atoms with Gasteiger partial charge in [-0.05, 0) is 79.0 Å². The summed E-state index contributed by atoms with van der Waals surface area (Å²) >= 11 is 0. The Balaban J connectivity index is 0. The van der Waals surface area contributed by atoms with Gasteiger partial charge in [0.05, 0.1) is 17.5 Å². The lowest BCUT2D eigenvalue weighted by atomic mass is 10.00. The Morgan fingerprint density at radius 3 is 2.28 bits per heavy atom. The van der Waals surface area contributed by atoms with Gasteiger partial charge in [0, 0.05) is 32.7 Å². The van der Waals surface area contributed by atoms with Gasteiger partial charge in [0.1, 0.15) is 17.1 Å². The molecule has 1 aromatic rings. The standard InChI is InChI=1S/C19H30FNO.C11H19N5.C2H6O.C2H6/c1-6-8-16(11-12-19(4,22)17-9-10-17)18(20)14-15(3)21(5)13-7-2;1-5-16-6-9(14-11(12)13)10(15-16)8(4)7(2)3;1-3-2;1-2/h8,14-15,17,22H,6-7,9-10,13H2,1-5H3;6,8H,2,5H2,1,3-4H3,(H4,12,13,14);1-2H3;1-2H3/b16-8-,18-14+;;;. The van der Waals surface area contributed by atoms with Gasteiger partial charge in [-0.1, -0.05) is 64.7 Å². The number of guanidine groups is 1. The number of aryl methyl sites for hydroxylation is 1. The maximum absolute atomic E-state index is 14.5. The zero-order chi connectivity index (χ0) is 33.8. The predicted molar refractivity (Wildman–Crippen MR) is 182 cm³/mol. The largest absolute Gasteiger partial charge is 0.388 e. The van der Waals surface area contributed by atoms with E-state index in [1.54, 1.807) is 33.3 Å². The third-order valence-electron chi connectivity index (χ3n) is 6.64. The van der Waals surface area contributed by atoms with Gasteiger partial charge in [0.15, 0.2) is 5.96 Å². The van der Waals surface area contributed by atoms with Crippen molar-refractivity contribution in [1.82, 2.24) is 14.7 Å². The van der Waals surface area contributed by atoms with E-state index in [2.05, 4.69) is 45.1 Å². The van der Waals surface area contributed by atoms with Crippen molar-refractivity contribution in [3.05, 3.63) is 47.6 Å². The molecular formula is C34H61FN6O2. The first-order chi connectivity index (χ1) is 20.2. The Hall–Kier alpha value is -2.93. The fourth-order valence-corrected chi connectivity index (χ4v) is 3.69. The van der Waals surface area contributed by atoms with Crippen LogP contribution < -0.4 is 11.5 Å². The summed E-state index contributed by atoms with van der Waals surface area (Å²) in [6.07, 6.45) is 9.01. The summed E-state index contributed by atoms with van der Waals surface area (Å²) < 4.78 is 20.5. The van der Waals surface area contributed by atoms with Gasteiger partial charge in [-0.25, -0.2) is 9.38 Å². The molecule has 0 radical (unpaired) electrons. The minimum absolute atomic E-state index is 0.0194. The monoisotopic (exact) mass is 604 g/mol. The third-order valence-corrected chi connectivity index (χ3v) is 6.64.